The molecule has 1 heterocycles. The van der Waals surface area contributed by atoms with Gasteiger partial charge in [-0.1, -0.05) is 20.8 Å². The zero-order chi connectivity index (χ0) is 15.5. The van der Waals surface area contributed by atoms with Crippen molar-refractivity contribution in [3.63, 3.8) is 0 Å². The van der Waals surface area contributed by atoms with Crippen LogP contribution in [0.1, 0.15) is 51.4 Å². The van der Waals surface area contributed by atoms with Crippen molar-refractivity contribution in [1.82, 2.24) is 15.1 Å². The summed E-state index contributed by atoms with van der Waals surface area (Å²) >= 11 is 0. The van der Waals surface area contributed by atoms with E-state index in [0.29, 0.717) is 12.5 Å². The number of carbonyl (C=O) groups is 1. The van der Waals surface area contributed by atoms with Crippen molar-refractivity contribution in [2.45, 2.75) is 65.0 Å². The van der Waals surface area contributed by atoms with E-state index < -0.39 is 5.54 Å². The molecule has 118 valence electrons. The van der Waals surface area contributed by atoms with Crippen molar-refractivity contribution >= 4 is 5.91 Å². The number of nitrogens with one attached hydrogen (secondary N) is 1. The van der Waals surface area contributed by atoms with Crippen LogP contribution >= 0.6 is 0 Å². The topological polar surface area (TPSA) is 72.9 Å². The van der Waals surface area contributed by atoms with Crippen molar-refractivity contribution in [3.8, 4) is 0 Å². The van der Waals surface area contributed by atoms with Gasteiger partial charge in [0.1, 0.15) is 5.54 Å². The molecule has 5 nitrogen and oxygen atoms in total. The van der Waals surface area contributed by atoms with E-state index in [1.165, 1.54) is 5.69 Å². The number of nitrogens with two attached hydrogens (primary N) is 1. The van der Waals surface area contributed by atoms with Crippen LogP contribution in [-0.2, 0) is 24.2 Å². The fourth-order valence-corrected chi connectivity index (χ4v) is 2.97. The molecule has 1 fully saturated rings. The molecule has 2 rings (SSSR count). The fourth-order valence-electron chi connectivity index (χ4n) is 2.97. The van der Waals surface area contributed by atoms with Crippen molar-refractivity contribution < 1.29 is 4.79 Å². The average Bonchev–Trinajstić information content (AvgIpc) is 3.25. The monoisotopic (exact) mass is 292 g/mol. The first-order valence-electron chi connectivity index (χ1n) is 8.17. The molecule has 1 aliphatic rings. The Labute approximate surface area is 127 Å². The molecule has 0 radical (unpaired) electrons. The number of aromatic nitrogens is 2. The second-order valence-electron chi connectivity index (χ2n) is 6.03. The summed E-state index contributed by atoms with van der Waals surface area (Å²) in [5, 5.41) is 8.09. The van der Waals surface area contributed by atoms with E-state index in [0.717, 1.165) is 44.3 Å². The third-order valence-electron chi connectivity index (χ3n) is 4.44. The summed E-state index contributed by atoms with van der Waals surface area (Å²) in [6, 6.07) is 2.14. The van der Waals surface area contributed by atoms with Crippen molar-refractivity contribution in [2.75, 3.05) is 6.54 Å². The van der Waals surface area contributed by atoms with Crippen LogP contribution in [0, 0.1) is 5.92 Å². The van der Waals surface area contributed by atoms with Gasteiger partial charge in [-0.05, 0) is 50.6 Å². The Hall–Kier alpha value is -1.36. The predicted molar refractivity (Wildman–Crippen MR) is 83.9 cm³/mol. The minimum absolute atomic E-state index is 0.242. The van der Waals surface area contributed by atoms with E-state index in [1.54, 1.807) is 0 Å². The lowest BCUT2D eigenvalue weighted by molar-refractivity contribution is -0.126. The molecule has 0 saturated heterocycles. The van der Waals surface area contributed by atoms with E-state index in [4.69, 9.17) is 5.73 Å². The van der Waals surface area contributed by atoms with Crippen molar-refractivity contribution in [1.29, 1.82) is 0 Å². The molecule has 0 aromatic carbocycles. The molecule has 1 unspecified atom stereocenters. The van der Waals surface area contributed by atoms with Gasteiger partial charge in [0, 0.05) is 5.69 Å². The number of carbonyl (C=O) groups excluding carboxylic acids is 1. The highest BCUT2D eigenvalue weighted by atomic mass is 16.1. The summed E-state index contributed by atoms with van der Waals surface area (Å²) in [6.07, 6.45) is 4.96. The Morgan fingerprint density at radius 1 is 1.43 bits per heavy atom. The van der Waals surface area contributed by atoms with Gasteiger partial charge in [0.05, 0.1) is 12.2 Å². The van der Waals surface area contributed by atoms with Crippen LogP contribution < -0.4 is 11.1 Å². The molecule has 21 heavy (non-hydrogen) atoms. The highest BCUT2D eigenvalue weighted by molar-refractivity contribution is 5.85. The maximum Gasteiger partial charge on any atom is 0.239 e. The minimum Gasteiger partial charge on any atom is -0.368 e. The molecular weight excluding hydrogens is 264 g/mol. The van der Waals surface area contributed by atoms with Gasteiger partial charge in [0.2, 0.25) is 5.91 Å². The number of aryl methyl sites for hydroxylation is 2. The zero-order valence-electron chi connectivity index (χ0n) is 13.5. The van der Waals surface area contributed by atoms with Gasteiger partial charge in [0.15, 0.2) is 0 Å². The second kappa shape index (κ2) is 6.60. The Balaban J connectivity index is 2.29. The predicted octanol–water partition coefficient (Wildman–Crippen LogP) is 1.64. The molecule has 3 N–H and O–H groups in total. The first kappa shape index (κ1) is 16.0. The zero-order valence-corrected chi connectivity index (χ0v) is 13.5. The molecule has 1 saturated carbocycles. The maximum atomic E-state index is 12.2. The van der Waals surface area contributed by atoms with Crippen LogP contribution in [0.25, 0.3) is 0 Å². The van der Waals surface area contributed by atoms with Gasteiger partial charge in [0.25, 0.3) is 0 Å². The van der Waals surface area contributed by atoms with Gasteiger partial charge in [-0.15, -0.1) is 0 Å². The molecule has 0 aliphatic heterocycles. The molecule has 1 aromatic rings. The van der Waals surface area contributed by atoms with Gasteiger partial charge in [-0.2, -0.15) is 5.10 Å². The molecular formula is C16H28N4O. The van der Waals surface area contributed by atoms with Crippen molar-refractivity contribution in [2.24, 2.45) is 11.7 Å². The van der Waals surface area contributed by atoms with Crippen LogP contribution in [0.15, 0.2) is 6.07 Å². The average molecular weight is 292 g/mol. The van der Waals surface area contributed by atoms with Crippen LogP contribution in [-0.4, -0.2) is 27.8 Å². The van der Waals surface area contributed by atoms with Gasteiger partial charge in [-0.3, -0.25) is 9.48 Å². The Morgan fingerprint density at radius 2 is 2.14 bits per heavy atom. The minimum atomic E-state index is -0.642. The molecule has 5 heteroatoms. The van der Waals surface area contributed by atoms with E-state index in [-0.39, 0.29) is 5.91 Å². The third-order valence-corrected chi connectivity index (χ3v) is 4.44. The molecule has 1 aliphatic carbocycles. The number of rotatable bonds is 9. The fraction of sp³-hybridized carbons (Fsp3) is 0.750. The standard InChI is InChI=1S/C16H28N4O/c1-4-9-18-16(15(17)21,12-7-8-12)11-20-14(6-3)10-13(5-2)19-20/h10,12,18H,4-9,11H2,1-3H3,(H2,17,21). The number of hydrogen-bond donors (Lipinski definition) is 2. The third kappa shape index (κ3) is 3.28. The quantitative estimate of drug-likeness (QED) is 0.727. The number of primary amides is 1. The Kier molecular flexibility index (Phi) is 5.04. The van der Waals surface area contributed by atoms with Gasteiger partial charge >= 0.3 is 0 Å². The lowest BCUT2D eigenvalue weighted by Crippen LogP contribution is -2.60. The van der Waals surface area contributed by atoms with Crippen LogP contribution in [0.3, 0.4) is 0 Å². The van der Waals surface area contributed by atoms with E-state index in [9.17, 15) is 4.79 Å². The first-order valence-corrected chi connectivity index (χ1v) is 8.17. The van der Waals surface area contributed by atoms with Crippen molar-refractivity contribution in [3.05, 3.63) is 17.5 Å². The second-order valence-corrected chi connectivity index (χ2v) is 6.03. The van der Waals surface area contributed by atoms with Crippen LogP contribution in [0.4, 0.5) is 0 Å². The summed E-state index contributed by atoms with van der Waals surface area (Å²) in [6.45, 7) is 7.68. The largest absolute Gasteiger partial charge is 0.368 e. The number of hydrogen-bond acceptors (Lipinski definition) is 3. The molecule has 1 atom stereocenters. The molecule has 0 bridgehead atoms. The number of amides is 1. The highest BCUT2D eigenvalue weighted by Gasteiger charge is 2.50. The summed E-state index contributed by atoms with van der Waals surface area (Å²) in [7, 11) is 0. The Morgan fingerprint density at radius 3 is 2.62 bits per heavy atom. The van der Waals surface area contributed by atoms with E-state index in [2.05, 4.69) is 37.3 Å². The summed E-state index contributed by atoms with van der Waals surface area (Å²) in [5.74, 6) is 0.106. The normalized spacial score (nSPS) is 17.7. The van der Waals surface area contributed by atoms with Gasteiger partial charge in [-0.25, -0.2) is 0 Å². The highest BCUT2D eigenvalue weighted by Crippen LogP contribution is 2.40. The van der Waals surface area contributed by atoms with E-state index >= 15 is 0 Å². The van der Waals surface area contributed by atoms with Gasteiger partial charge < -0.3 is 11.1 Å². The Bertz CT molecular complexity index is 492. The summed E-state index contributed by atoms with van der Waals surface area (Å²) in [4.78, 5) is 12.2. The molecule has 1 aromatic heterocycles. The first-order chi connectivity index (χ1) is 10.1. The SMILES string of the molecule is CCCNC(Cn1nc(CC)cc1CC)(C(N)=O)C1CC1. The summed E-state index contributed by atoms with van der Waals surface area (Å²) in [5.41, 5.74) is 7.40. The lowest BCUT2D eigenvalue weighted by atomic mass is 9.91. The maximum absolute atomic E-state index is 12.2. The summed E-state index contributed by atoms with van der Waals surface area (Å²) < 4.78 is 1.99. The number of nitrogens with zero attached hydrogens (tertiary/aromatic N) is 2. The smallest absolute Gasteiger partial charge is 0.239 e. The van der Waals surface area contributed by atoms with E-state index in [1.807, 2.05) is 4.68 Å². The molecule has 1 amide bonds. The van der Waals surface area contributed by atoms with Crippen LogP contribution in [0.5, 0.6) is 0 Å². The van der Waals surface area contributed by atoms with Crippen LogP contribution in [0.2, 0.25) is 0 Å². The molecule has 0 spiro atoms. The lowest BCUT2D eigenvalue weighted by Gasteiger charge is -2.32.